The van der Waals surface area contributed by atoms with Crippen LogP contribution < -0.4 is 21.3 Å². The summed E-state index contributed by atoms with van der Waals surface area (Å²) in [7, 11) is 0. The fourth-order valence-corrected chi connectivity index (χ4v) is 4.27. The normalized spacial score (nSPS) is 18.3. The minimum absolute atomic E-state index is 0.0329. The van der Waals surface area contributed by atoms with E-state index in [1.165, 1.54) is 18.3 Å². The first-order valence-electron chi connectivity index (χ1n) is 11.2. The van der Waals surface area contributed by atoms with Gasteiger partial charge in [-0.15, -0.1) is 0 Å². The Kier molecular flexibility index (Phi) is 5.73. The maximum atomic E-state index is 14.5. The van der Waals surface area contributed by atoms with Crippen molar-refractivity contribution in [3.05, 3.63) is 65.1 Å². The molecule has 1 fully saturated rings. The molecular formula is C25H24FN5O4. The molecule has 9 nitrogen and oxygen atoms in total. The van der Waals surface area contributed by atoms with Crippen LogP contribution in [0.25, 0.3) is 0 Å². The topological polar surface area (TPSA) is 136 Å². The molecule has 0 unspecified atom stereocenters. The van der Waals surface area contributed by atoms with Crippen LogP contribution in [0.15, 0.2) is 42.6 Å². The lowest BCUT2D eigenvalue weighted by Crippen LogP contribution is -2.43. The van der Waals surface area contributed by atoms with E-state index >= 15 is 0 Å². The van der Waals surface area contributed by atoms with Crippen molar-refractivity contribution < 1.29 is 24.2 Å². The van der Waals surface area contributed by atoms with Crippen molar-refractivity contribution in [2.75, 3.05) is 16.0 Å². The van der Waals surface area contributed by atoms with Gasteiger partial charge in [0.05, 0.1) is 28.7 Å². The second-order valence-corrected chi connectivity index (χ2v) is 8.87. The van der Waals surface area contributed by atoms with Crippen LogP contribution in [0.4, 0.5) is 33.0 Å². The number of aromatic nitrogens is 1. The molecule has 0 spiro atoms. The minimum Gasteiger partial charge on any atom is -0.508 e. The van der Waals surface area contributed by atoms with E-state index in [4.69, 9.17) is 5.11 Å². The van der Waals surface area contributed by atoms with Crippen molar-refractivity contribution in [3.8, 4) is 5.75 Å². The number of carbonyl (C=O) groups is 2. The fourth-order valence-electron chi connectivity index (χ4n) is 4.27. The minimum atomic E-state index is -0.758. The standard InChI is InChI=1S/C25H24FN5O4/c1-12-6-16(26)19(10-21(12)32)29-18-4-5-27-23-22(18)24(33)31-20-7-13(2-3-17(20)30-23)11-28-15-8-14(9-15)25(34)35/h2-7,10,14-15,28,32H,8-9,11H2,1H3,(H,31,33)(H,34,35)(H2,27,29,30). The maximum absolute atomic E-state index is 14.5. The van der Waals surface area contributed by atoms with Gasteiger partial charge in [0.2, 0.25) is 0 Å². The van der Waals surface area contributed by atoms with E-state index in [0.29, 0.717) is 47.8 Å². The van der Waals surface area contributed by atoms with Crippen LogP contribution >= 0.6 is 0 Å². The molecule has 1 saturated carbocycles. The van der Waals surface area contributed by atoms with Crippen molar-refractivity contribution >= 4 is 40.4 Å². The van der Waals surface area contributed by atoms with E-state index in [1.807, 2.05) is 18.2 Å². The predicted octanol–water partition coefficient (Wildman–Crippen LogP) is 4.24. The van der Waals surface area contributed by atoms with Gasteiger partial charge in [0, 0.05) is 24.8 Å². The molecule has 0 saturated heterocycles. The van der Waals surface area contributed by atoms with Gasteiger partial charge in [-0.2, -0.15) is 0 Å². The highest BCUT2D eigenvalue weighted by molar-refractivity contribution is 6.15. The molecule has 1 amide bonds. The molecule has 35 heavy (non-hydrogen) atoms. The summed E-state index contributed by atoms with van der Waals surface area (Å²) in [5.41, 5.74) is 3.12. The number of fused-ring (bicyclic) bond motifs is 2. The Hall–Kier alpha value is -4.18. The number of benzene rings is 2. The quantitative estimate of drug-likeness (QED) is 0.310. The predicted molar refractivity (Wildman–Crippen MR) is 129 cm³/mol. The fraction of sp³-hybridized carbons (Fsp3) is 0.240. The van der Waals surface area contributed by atoms with Crippen molar-refractivity contribution in [2.45, 2.75) is 32.4 Å². The summed E-state index contributed by atoms with van der Waals surface area (Å²) < 4.78 is 14.5. The van der Waals surface area contributed by atoms with E-state index in [9.17, 15) is 19.1 Å². The molecule has 0 bridgehead atoms. The summed E-state index contributed by atoms with van der Waals surface area (Å²) in [5.74, 6) is -1.78. The number of amides is 1. The number of aromatic hydroxyl groups is 1. The lowest BCUT2D eigenvalue weighted by Gasteiger charge is -2.33. The zero-order valence-corrected chi connectivity index (χ0v) is 18.9. The van der Waals surface area contributed by atoms with Crippen LogP contribution in [0.5, 0.6) is 5.75 Å². The highest BCUT2D eigenvalue weighted by Gasteiger charge is 2.34. The van der Waals surface area contributed by atoms with Crippen molar-refractivity contribution in [3.63, 3.8) is 0 Å². The monoisotopic (exact) mass is 477 g/mol. The second kappa shape index (κ2) is 8.88. The number of carbonyl (C=O) groups excluding carboxylic acids is 1. The number of phenols is 1. The van der Waals surface area contributed by atoms with Gasteiger partial charge in [0.25, 0.3) is 5.91 Å². The van der Waals surface area contributed by atoms with Gasteiger partial charge in [-0.05, 0) is 55.2 Å². The molecular weight excluding hydrogens is 453 g/mol. The molecule has 5 rings (SSSR count). The molecule has 10 heteroatoms. The molecule has 0 atom stereocenters. The number of halogens is 1. The largest absolute Gasteiger partial charge is 0.508 e. The van der Waals surface area contributed by atoms with Gasteiger partial charge in [-0.25, -0.2) is 9.37 Å². The first-order valence-corrected chi connectivity index (χ1v) is 11.2. The molecule has 6 N–H and O–H groups in total. The summed E-state index contributed by atoms with van der Waals surface area (Å²) in [5, 5.41) is 31.3. The zero-order valence-electron chi connectivity index (χ0n) is 18.9. The number of hydrogen-bond acceptors (Lipinski definition) is 7. The van der Waals surface area contributed by atoms with E-state index < -0.39 is 17.7 Å². The van der Waals surface area contributed by atoms with Crippen LogP contribution in [-0.2, 0) is 11.3 Å². The Morgan fingerprint density at radius 2 is 1.94 bits per heavy atom. The first kappa shape index (κ1) is 22.6. The van der Waals surface area contributed by atoms with E-state index in [1.54, 1.807) is 13.0 Å². The third-order valence-corrected chi connectivity index (χ3v) is 6.40. The number of rotatable bonds is 6. The van der Waals surface area contributed by atoms with Gasteiger partial charge >= 0.3 is 5.97 Å². The summed E-state index contributed by atoms with van der Waals surface area (Å²) in [6.07, 6.45) is 2.71. The Balaban J connectivity index is 1.35. The zero-order chi connectivity index (χ0) is 24.7. The van der Waals surface area contributed by atoms with Gasteiger partial charge in [0.15, 0.2) is 0 Å². The lowest BCUT2D eigenvalue weighted by molar-refractivity contribution is -0.145. The third-order valence-electron chi connectivity index (χ3n) is 6.40. The number of nitrogens with one attached hydrogen (secondary N) is 4. The highest BCUT2D eigenvalue weighted by atomic mass is 19.1. The molecule has 3 aromatic rings. The van der Waals surface area contributed by atoms with Crippen LogP contribution in [0.2, 0.25) is 0 Å². The average molecular weight is 477 g/mol. The molecule has 180 valence electrons. The summed E-state index contributed by atoms with van der Waals surface area (Å²) >= 11 is 0. The van der Waals surface area contributed by atoms with Crippen LogP contribution in [0, 0.1) is 18.7 Å². The molecule has 1 aliphatic heterocycles. The number of aryl methyl sites for hydroxylation is 1. The Labute approximate surface area is 200 Å². The number of hydrogen-bond donors (Lipinski definition) is 6. The number of nitrogens with zero attached hydrogens (tertiary/aromatic N) is 1. The van der Waals surface area contributed by atoms with Crippen molar-refractivity contribution in [1.29, 1.82) is 0 Å². The smallest absolute Gasteiger partial charge is 0.306 e. The first-order chi connectivity index (χ1) is 16.8. The van der Waals surface area contributed by atoms with Crippen molar-refractivity contribution in [1.82, 2.24) is 10.3 Å². The van der Waals surface area contributed by atoms with E-state index in [2.05, 4.69) is 26.3 Å². The number of anilines is 5. The third kappa shape index (κ3) is 4.47. The lowest BCUT2D eigenvalue weighted by atomic mass is 9.80. The second-order valence-electron chi connectivity index (χ2n) is 8.87. The number of carboxylic acid groups (broad SMARTS) is 1. The van der Waals surface area contributed by atoms with Crippen LogP contribution in [-0.4, -0.2) is 33.1 Å². The molecule has 1 aromatic heterocycles. The Morgan fingerprint density at radius 1 is 1.14 bits per heavy atom. The summed E-state index contributed by atoms with van der Waals surface area (Å²) in [4.78, 5) is 28.4. The van der Waals surface area contributed by atoms with Crippen LogP contribution in [0.1, 0.15) is 34.3 Å². The number of phenolic OH excluding ortho intramolecular Hbond substituents is 1. The van der Waals surface area contributed by atoms with Gasteiger partial charge < -0.3 is 31.5 Å². The number of pyridine rings is 1. The Bertz CT molecular complexity index is 1340. The van der Waals surface area contributed by atoms with Gasteiger partial charge in [-0.1, -0.05) is 6.07 Å². The van der Waals surface area contributed by atoms with E-state index in [0.717, 1.165) is 5.56 Å². The maximum Gasteiger partial charge on any atom is 0.306 e. The van der Waals surface area contributed by atoms with E-state index in [-0.39, 0.29) is 29.0 Å². The summed E-state index contributed by atoms with van der Waals surface area (Å²) in [6, 6.07) is 9.80. The number of carboxylic acids is 1. The molecule has 1 aliphatic carbocycles. The van der Waals surface area contributed by atoms with Crippen molar-refractivity contribution in [2.24, 2.45) is 5.92 Å². The average Bonchev–Trinajstić information content (AvgIpc) is 2.92. The molecule has 0 radical (unpaired) electrons. The molecule has 2 aromatic carbocycles. The Morgan fingerprint density at radius 3 is 2.71 bits per heavy atom. The molecule has 2 heterocycles. The van der Waals surface area contributed by atoms with Gasteiger partial charge in [0.1, 0.15) is 22.9 Å². The van der Waals surface area contributed by atoms with Gasteiger partial charge in [-0.3, -0.25) is 9.59 Å². The number of aliphatic carboxylic acids is 1. The summed E-state index contributed by atoms with van der Waals surface area (Å²) in [6.45, 7) is 2.13. The highest BCUT2D eigenvalue weighted by Crippen LogP contribution is 2.36. The SMILES string of the molecule is Cc1cc(F)c(Nc2ccnc3c2C(=O)Nc2cc(CNC4CC(C(=O)O)C4)ccc2N3)cc1O. The molecule has 2 aliphatic rings. The van der Waals surface area contributed by atoms with Crippen LogP contribution in [0.3, 0.4) is 0 Å².